The normalized spacial score (nSPS) is 11.6. The fourth-order valence-corrected chi connectivity index (χ4v) is 4.62. The smallest absolute Gasteiger partial charge is 0.244 e. The molecule has 1 N–H and O–H groups in total. The van der Waals surface area contributed by atoms with Crippen molar-refractivity contribution in [3.05, 3.63) is 106 Å². The molecule has 4 rings (SSSR count). The van der Waals surface area contributed by atoms with Crippen LogP contribution in [0.2, 0.25) is 0 Å². The number of amides is 1. The fourth-order valence-electron chi connectivity index (χ4n) is 4.05. The first-order chi connectivity index (χ1) is 17.7. The summed E-state index contributed by atoms with van der Waals surface area (Å²) in [5.74, 6) is 0.998. The number of benzene rings is 4. The summed E-state index contributed by atoms with van der Waals surface area (Å²) in [7, 11) is 1.60. The molecule has 5 nitrogen and oxygen atoms in total. The molecule has 4 aromatic carbocycles. The molecular formula is C31H31BrN2O3. The summed E-state index contributed by atoms with van der Waals surface area (Å²) in [5.41, 5.74) is 6.71. The van der Waals surface area contributed by atoms with E-state index in [0.29, 0.717) is 18.1 Å². The highest BCUT2D eigenvalue weighted by Gasteiger charge is 2.14. The van der Waals surface area contributed by atoms with Crippen molar-refractivity contribution in [2.45, 2.75) is 39.2 Å². The van der Waals surface area contributed by atoms with E-state index in [9.17, 15) is 4.79 Å². The number of fused-ring (bicyclic) bond motifs is 1. The van der Waals surface area contributed by atoms with Crippen molar-refractivity contribution in [1.29, 1.82) is 0 Å². The summed E-state index contributed by atoms with van der Waals surface area (Å²) in [5, 5.41) is 6.46. The number of hydrazone groups is 1. The minimum Gasteiger partial charge on any atom is -0.493 e. The molecule has 0 fully saturated rings. The molecule has 0 heterocycles. The summed E-state index contributed by atoms with van der Waals surface area (Å²) in [6.45, 7) is 6.90. The quantitative estimate of drug-likeness (QED) is 0.184. The van der Waals surface area contributed by atoms with Crippen molar-refractivity contribution in [2.24, 2.45) is 5.10 Å². The maximum atomic E-state index is 12.4. The van der Waals surface area contributed by atoms with Crippen molar-refractivity contribution < 1.29 is 14.3 Å². The minimum atomic E-state index is -0.180. The van der Waals surface area contributed by atoms with Crippen LogP contribution >= 0.6 is 15.9 Å². The lowest BCUT2D eigenvalue weighted by molar-refractivity contribution is -0.120. The van der Waals surface area contributed by atoms with Gasteiger partial charge in [0.1, 0.15) is 6.61 Å². The Labute approximate surface area is 226 Å². The zero-order valence-corrected chi connectivity index (χ0v) is 23.1. The molecule has 0 unspecified atom stereocenters. The van der Waals surface area contributed by atoms with Gasteiger partial charge in [-0.1, -0.05) is 87.5 Å². The number of halogens is 1. The van der Waals surface area contributed by atoms with Crippen LogP contribution in [0.1, 0.15) is 43.0 Å². The molecule has 0 aliphatic carbocycles. The van der Waals surface area contributed by atoms with Crippen LogP contribution in [0.15, 0.2) is 88.4 Å². The van der Waals surface area contributed by atoms with E-state index in [1.165, 1.54) is 10.9 Å². The predicted octanol–water partition coefficient (Wildman–Crippen LogP) is 7.18. The third kappa shape index (κ3) is 6.77. The van der Waals surface area contributed by atoms with E-state index in [2.05, 4.69) is 83.6 Å². The van der Waals surface area contributed by atoms with E-state index in [1.807, 2.05) is 42.5 Å². The van der Waals surface area contributed by atoms with Gasteiger partial charge in [0.2, 0.25) is 5.91 Å². The first kappa shape index (κ1) is 26.4. The van der Waals surface area contributed by atoms with E-state index in [0.717, 1.165) is 26.5 Å². The van der Waals surface area contributed by atoms with Crippen LogP contribution in [0, 0.1) is 0 Å². The molecule has 0 bridgehead atoms. The number of carbonyl (C=O) groups is 1. The third-order valence-corrected chi connectivity index (χ3v) is 6.68. The highest BCUT2D eigenvalue weighted by atomic mass is 79.9. The highest BCUT2D eigenvalue weighted by molar-refractivity contribution is 9.10. The monoisotopic (exact) mass is 558 g/mol. The molecule has 0 aromatic heterocycles. The summed E-state index contributed by atoms with van der Waals surface area (Å²) < 4.78 is 12.5. The number of hydrogen-bond acceptors (Lipinski definition) is 4. The second-order valence-electron chi connectivity index (χ2n) is 9.88. The van der Waals surface area contributed by atoms with Crippen LogP contribution in [0.4, 0.5) is 0 Å². The van der Waals surface area contributed by atoms with E-state index in [-0.39, 0.29) is 17.7 Å². The first-order valence-corrected chi connectivity index (χ1v) is 12.9. The van der Waals surface area contributed by atoms with Gasteiger partial charge in [0.15, 0.2) is 11.5 Å². The molecule has 190 valence electrons. The van der Waals surface area contributed by atoms with Crippen LogP contribution < -0.4 is 14.9 Å². The van der Waals surface area contributed by atoms with Gasteiger partial charge in [-0.15, -0.1) is 0 Å². The van der Waals surface area contributed by atoms with Crippen molar-refractivity contribution in [2.75, 3.05) is 7.11 Å². The van der Waals surface area contributed by atoms with Gasteiger partial charge in [0, 0.05) is 0 Å². The van der Waals surface area contributed by atoms with Crippen molar-refractivity contribution in [3.8, 4) is 11.5 Å². The fraction of sp³-hybridized carbons (Fsp3) is 0.226. The summed E-state index contributed by atoms with van der Waals surface area (Å²) in [6, 6.07) is 26.2. The van der Waals surface area contributed by atoms with Gasteiger partial charge in [-0.05, 0) is 66.5 Å². The Balaban J connectivity index is 1.39. The van der Waals surface area contributed by atoms with Crippen molar-refractivity contribution >= 4 is 38.8 Å². The van der Waals surface area contributed by atoms with Gasteiger partial charge in [-0.2, -0.15) is 5.10 Å². The van der Waals surface area contributed by atoms with Gasteiger partial charge < -0.3 is 9.47 Å². The SMILES string of the molecule is COc1cc(C=NNC(=O)Cc2ccc(C(C)(C)C)cc2)cc(Br)c1OCc1cccc2ccccc12. The van der Waals surface area contributed by atoms with Crippen LogP contribution in [-0.4, -0.2) is 19.2 Å². The highest BCUT2D eigenvalue weighted by Crippen LogP contribution is 2.37. The maximum absolute atomic E-state index is 12.4. The summed E-state index contributed by atoms with van der Waals surface area (Å²) in [6.07, 6.45) is 1.85. The van der Waals surface area contributed by atoms with E-state index >= 15 is 0 Å². The average molecular weight is 560 g/mol. The zero-order valence-electron chi connectivity index (χ0n) is 21.5. The molecule has 1 amide bonds. The average Bonchev–Trinajstić information content (AvgIpc) is 2.87. The number of nitrogens with zero attached hydrogens (tertiary/aromatic N) is 1. The van der Waals surface area contributed by atoms with Crippen LogP contribution in [-0.2, 0) is 23.2 Å². The first-order valence-electron chi connectivity index (χ1n) is 12.1. The summed E-state index contributed by atoms with van der Waals surface area (Å²) in [4.78, 5) is 12.4. The standard InChI is InChI=1S/C31H31BrN2O3/c1-31(2,3)25-14-12-21(13-15-25)18-29(35)34-33-19-22-16-27(32)30(28(17-22)36-4)37-20-24-10-7-9-23-8-5-6-11-26(23)24/h5-17,19H,18,20H2,1-4H3,(H,34,35). The van der Waals surface area contributed by atoms with Crippen molar-refractivity contribution in [3.63, 3.8) is 0 Å². The minimum absolute atomic E-state index is 0.0803. The van der Waals surface area contributed by atoms with Crippen molar-refractivity contribution in [1.82, 2.24) is 5.43 Å². The molecular weight excluding hydrogens is 528 g/mol. The molecule has 0 saturated carbocycles. The lowest BCUT2D eigenvalue weighted by atomic mass is 9.86. The van der Waals surface area contributed by atoms with Gasteiger partial charge >= 0.3 is 0 Å². The lowest BCUT2D eigenvalue weighted by Crippen LogP contribution is -2.20. The molecule has 37 heavy (non-hydrogen) atoms. The Morgan fingerprint density at radius 1 is 1.00 bits per heavy atom. The zero-order chi connectivity index (χ0) is 26.4. The molecule has 4 aromatic rings. The third-order valence-electron chi connectivity index (χ3n) is 6.09. The Hall–Kier alpha value is -3.64. The molecule has 6 heteroatoms. The molecule has 0 spiro atoms. The topological polar surface area (TPSA) is 59.9 Å². The van der Waals surface area contributed by atoms with E-state index < -0.39 is 0 Å². The van der Waals surface area contributed by atoms with E-state index in [4.69, 9.17) is 9.47 Å². The van der Waals surface area contributed by atoms with Crippen LogP contribution in [0.5, 0.6) is 11.5 Å². The number of carbonyl (C=O) groups excluding carboxylic acids is 1. The Morgan fingerprint density at radius 3 is 2.46 bits per heavy atom. The molecule has 0 radical (unpaired) electrons. The molecule has 0 aliphatic rings. The van der Waals surface area contributed by atoms with Crippen LogP contribution in [0.3, 0.4) is 0 Å². The maximum Gasteiger partial charge on any atom is 0.244 e. The second-order valence-corrected chi connectivity index (χ2v) is 10.7. The van der Waals surface area contributed by atoms with Gasteiger partial charge in [-0.3, -0.25) is 4.79 Å². The number of methoxy groups -OCH3 is 1. The molecule has 0 atom stereocenters. The molecule has 0 aliphatic heterocycles. The Kier molecular flexibility index (Phi) is 8.29. The largest absolute Gasteiger partial charge is 0.493 e. The van der Waals surface area contributed by atoms with Crippen LogP contribution in [0.25, 0.3) is 10.8 Å². The number of ether oxygens (including phenoxy) is 2. The van der Waals surface area contributed by atoms with Gasteiger partial charge in [0.25, 0.3) is 0 Å². The second kappa shape index (κ2) is 11.6. The Bertz CT molecular complexity index is 1420. The van der Waals surface area contributed by atoms with Gasteiger partial charge in [0.05, 0.1) is 24.2 Å². The number of rotatable bonds is 8. The summed E-state index contributed by atoms with van der Waals surface area (Å²) >= 11 is 3.59. The van der Waals surface area contributed by atoms with E-state index in [1.54, 1.807) is 13.3 Å². The Morgan fingerprint density at radius 2 is 1.73 bits per heavy atom. The number of hydrogen-bond donors (Lipinski definition) is 1. The lowest BCUT2D eigenvalue weighted by Gasteiger charge is -2.19. The number of nitrogens with one attached hydrogen (secondary N) is 1. The van der Waals surface area contributed by atoms with Gasteiger partial charge in [-0.25, -0.2) is 5.43 Å². The molecule has 0 saturated heterocycles. The predicted molar refractivity (Wildman–Crippen MR) is 154 cm³/mol.